The third-order valence-corrected chi connectivity index (χ3v) is 5.30. The van der Waals surface area contributed by atoms with Gasteiger partial charge in [0.15, 0.2) is 0 Å². The lowest BCUT2D eigenvalue weighted by atomic mass is 10.1. The van der Waals surface area contributed by atoms with E-state index in [0.29, 0.717) is 28.1 Å². The number of carbonyl (C=O) groups is 2. The number of nitrogens with zero attached hydrogens (tertiary/aromatic N) is 1. The minimum atomic E-state index is -0.624. The number of halogens is 1. The number of carbonyl (C=O) groups excluding carboxylic acids is 2. The molecule has 0 radical (unpaired) electrons. The van der Waals surface area contributed by atoms with Crippen LogP contribution in [0.3, 0.4) is 0 Å². The Kier molecular flexibility index (Phi) is 7.83. The number of ether oxygens (including phenoxy) is 1. The van der Waals surface area contributed by atoms with Crippen molar-refractivity contribution in [3.05, 3.63) is 89.5 Å². The van der Waals surface area contributed by atoms with Gasteiger partial charge in [-0.2, -0.15) is 0 Å². The average Bonchev–Trinajstić information content (AvgIpc) is 2.79. The number of hydrogen-bond acceptors (Lipinski definition) is 5. The number of thiol groups is 1. The van der Waals surface area contributed by atoms with E-state index in [2.05, 4.69) is 28.2 Å². The fourth-order valence-electron chi connectivity index (χ4n) is 3.12. The predicted molar refractivity (Wildman–Crippen MR) is 123 cm³/mol. The Morgan fingerprint density at radius 2 is 1.81 bits per heavy atom. The quantitative estimate of drug-likeness (QED) is 0.401. The van der Waals surface area contributed by atoms with Crippen molar-refractivity contribution in [1.29, 1.82) is 0 Å². The summed E-state index contributed by atoms with van der Waals surface area (Å²) >= 11 is 4.33. The van der Waals surface area contributed by atoms with Gasteiger partial charge in [-0.05, 0) is 54.8 Å². The van der Waals surface area contributed by atoms with Crippen LogP contribution in [0.4, 0.5) is 14.9 Å². The molecule has 0 bridgehead atoms. The van der Waals surface area contributed by atoms with Gasteiger partial charge in [0.1, 0.15) is 11.9 Å². The minimum Gasteiger partial charge on any atom is -0.442 e. The maximum absolute atomic E-state index is 13.4. The highest BCUT2D eigenvalue weighted by molar-refractivity contribution is 7.80. The molecule has 0 unspecified atom stereocenters. The van der Waals surface area contributed by atoms with Gasteiger partial charge in [-0.15, -0.1) is 12.6 Å². The van der Waals surface area contributed by atoms with E-state index in [-0.39, 0.29) is 5.91 Å². The number of benzene rings is 2. The Balaban J connectivity index is 1.59. The van der Waals surface area contributed by atoms with Crippen molar-refractivity contribution >= 4 is 30.3 Å². The summed E-state index contributed by atoms with van der Waals surface area (Å²) in [5.74, 6) is -0.731. The van der Waals surface area contributed by atoms with Crippen molar-refractivity contribution in [2.45, 2.75) is 37.3 Å². The van der Waals surface area contributed by atoms with Crippen LogP contribution in [0.1, 0.15) is 53.9 Å². The van der Waals surface area contributed by atoms with Crippen molar-refractivity contribution in [1.82, 2.24) is 10.3 Å². The van der Waals surface area contributed by atoms with Gasteiger partial charge in [0.05, 0.1) is 17.9 Å². The maximum atomic E-state index is 13.4. The van der Waals surface area contributed by atoms with Gasteiger partial charge in [0, 0.05) is 16.7 Å². The Labute approximate surface area is 191 Å². The van der Waals surface area contributed by atoms with E-state index in [1.807, 2.05) is 19.1 Å². The Hall–Kier alpha value is -3.39. The van der Waals surface area contributed by atoms with Gasteiger partial charge in [0.25, 0.3) is 5.91 Å². The molecule has 0 saturated carbocycles. The van der Waals surface area contributed by atoms with Crippen molar-refractivity contribution < 1.29 is 18.7 Å². The van der Waals surface area contributed by atoms with E-state index in [4.69, 9.17) is 4.74 Å². The number of pyridine rings is 1. The van der Waals surface area contributed by atoms with E-state index < -0.39 is 24.1 Å². The lowest BCUT2D eigenvalue weighted by Gasteiger charge is -2.20. The lowest BCUT2D eigenvalue weighted by molar-refractivity contribution is 0.101. The first kappa shape index (κ1) is 23.3. The first-order chi connectivity index (χ1) is 15.4. The second kappa shape index (κ2) is 10.8. The van der Waals surface area contributed by atoms with Gasteiger partial charge in [-0.3, -0.25) is 9.78 Å². The number of hydrogen-bond donors (Lipinski definition) is 3. The first-order valence-corrected chi connectivity index (χ1v) is 10.6. The lowest BCUT2D eigenvalue weighted by Crippen LogP contribution is -2.29. The monoisotopic (exact) mass is 453 g/mol. The molecule has 3 aromatic rings. The molecule has 2 amide bonds. The Bertz CT molecular complexity index is 1090. The van der Waals surface area contributed by atoms with Crippen LogP contribution >= 0.6 is 12.6 Å². The topological polar surface area (TPSA) is 80.3 Å². The molecule has 0 saturated heterocycles. The number of anilines is 1. The van der Waals surface area contributed by atoms with Gasteiger partial charge in [0.2, 0.25) is 0 Å². The molecule has 3 rings (SSSR count). The zero-order chi connectivity index (χ0) is 23.1. The second-order valence-corrected chi connectivity index (χ2v) is 7.66. The molecule has 0 aliphatic carbocycles. The summed E-state index contributed by atoms with van der Waals surface area (Å²) in [6.07, 6.45) is 2.00. The molecule has 2 aromatic carbocycles. The summed E-state index contributed by atoms with van der Waals surface area (Å²) in [4.78, 5) is 29.3. The van der Waals surface area contributed by atoms with E-state index >= 15 is 0 Å². The molecule has 2 N–H and O–H groups in total. The molecule has 0 aliphatic heterocycles. The van der Waals surface area contributed by atoms with E-state index in [1.54, 1.807) is 43.3 Å². The molecular weight excluding hydrogens is 429 g/mol. The number of alkyl carbamates (subject to hydrolysis) is 1. The molecule has 0 fully saturated rings. The third kappa shape index (κ3) is 6.07. The van der Waals surface area contributed by atoms with Crippen LogP contribution < -0.4 is 10.6 Å². The molecular formula is C24H24FN3O3S. The van der Waals surface area contributed by atoms with E-state index in [9.17, 15) is 14.0 Å². The molecule has 8 heteroatoms. The van der Waals surface area contributed by atoms with Crippen LogP contribution in [-0.2, 0) is 4.74 Å². The molecule has 166 valence electrons. The summed E-state index contributed by atoms with van der Waals surface area (Å²) in [6.45, 7) is 3.60. The summed E-state index contributed by atoms with van der Waals surface area (Å²) in [5, 5.41) is 5.55. The third-order valence-electron chi connectivity index (χ3n) is 4.91. The SMILES string of the molecule is CC[C@H](NC(=O)O[C@@H](C)c1ccc(C(=O)Nc2ccccc2S)cc1)c1cncc(F)c1. The standard InChI is InChI=1S/C24H24FN3O3S/c1-3-20(18-12-19(25)14-26-13-18)28-24(30)31-15(2)16-8-10-17(11-9-16)23(29)27-21-6-4-5-7-22(21)32/h4-15,20,32H,3H2,1-2H3,(H,27,29)(H,28,30)/t15-,20-/m0/s1. The molecule has 2 atom stereocenters. The van der Waals surface area contributed by atoms with Gasteiger partial charge in [-0.25, -0.2) is 9.18 Å². The van der Waals surface area contributed by atoms with Crippen LogP contribution in [0.5, 0.6) is 0 Å². The number of amides is 2. The zero-order valence-corrected chi connectivity index (χ0v) is 18.6. The first-order valence-electron chi connectivity index (χ1n) is 10.1. The van der Waals surface area contributed by atoms with Gasteiger partial charge in [-0.1, -0.05) is 31.2 Å². The predicted octanol–water partition coefficient (Wildman–Crippen LogP) is 5.70. The van der Waals surface area contributed by atoms with E-state index in [0.717, 1.165) is 11.8 Å². The Morgan fingerprint density at radius 3 is 2.47 bits per heavy atom. The van der Waals surface area contributed by atoms with Crippen molar-refractivity contribution in [2.75, 3.05) is 5.32 Å². The van der Waals surface area contributed by atoms with Gasteiger partial charge >= 0.3 is 6.09 Å². The van der Waals surface area contributed by atoms with Crippen LogP contribution in [0.15, 0.2) is 71.9 Å². The smallest absolute Gasteiger partial charge is 0.408 e. The normalized spacial score (nSPS) is 12.5. The molecule has 0 aliphatic rings. The fraction of sp³-hybridized carbons (Fsp3) is 0.208. The second-order valence-electron chi connectivity index (χ2n) is 7.18. The molecule has 32 heavy (non-hydrogen) atoms. The zero-order valence-electron chi connectivity index (χ0n) is 17.7. The number of rotatable bonds is 7. The van der Waals surface area contributed by atoms with Crippen LogP contribution in [0, 0.1) is 5.82 Å². The fourth-order valence-corrected chi connectivity index (χ4v) is 3.34. The van der Waals surface area contributed by atoms with E-state index in [1.165, 1.54) is 12.3 Å². The highest BCUT2D eigenvalue weighted by Gasteiger charge is 2.18. The molecule has 0 spiro atoms. The largest absolute Gasteiger partial charge is 0.442 e. The average molecular weight is 454 g/mol. The summed E-state index contributed by atoms with van der Waals surface area (Å²) < 4.78 is 18.9. The van der Waals surface area contributed by atoms with Crippen LogP contribution in [0.25, 0.3) is 0 Å². The maximum Gasteiger partial charge on any atom is 0.408 e. The highest BCUT2D eigenvalue weighted by Crippen LogP contribution is 2.22. The molecule has 6 nitrogen and oxygen atoms in total. The van der Waals surface area contributed by atoms with Crippen LogP contribution in [-0.4, -0.2) is 17.0 Å². The number of nitrogens with one attached hydrogen (secondary N) is 2. The summed E-state index contributed by atoms with van der Waals surface area (Å²) in [6, 6.07) is 14.9. The Morgan fingerprint density at radius 1 is 1.09 bits per heavy atom. The molecule has 1 aromatic heterocycles. The minimum absolute atomic E-state index is 0.265. The van der Waals surface area contributed by atoms with Gasteiger partial charge < -0.3 is 15.4 Å². The highest BCUT2D eigenvalue weighted by atomic mass is 32.1. The number of para-hydroxylation sites is 1. The van der Waals surface area contributed by atoms with Crippen molar-refractivity contribution in [3.63, 3.8) is 0 Å². The molecule has 1 heterocycles. The van der Waals surface area contributed by atoms with Crippen LogP contribution in [0.2, 0.25) is 0 Å². The summed E-state index contributed by atoms with van der Waals surface area (Å²) in [5.41, 5.74) is 2.38. The van der Waals surface area contributed by atoms with Crippen molar-refractivity contribution in [3.8, 4) is 0 Å². The van der Waals surface area contributed by atoms with Crippen molar-refractivity contribution in [2.24, 2.45) is 0 Å². The number of aromatic nitrogens is 1. The summed E-state index contributed by atoms with van der Waals surface area (Å²) in [7, 11) is 0.